The molecule has 2 aromatic rings. The molecule has 19 heavy (non-hydrogen) atoms. The van der Waals surface area contributed by atoms with Gasteiger partial charge in [0.05, 0.1) is 5.60 Å². The Kier molecular flexibility index (Phi) is 3.62. The van der Waals surface area contributed by atoms with Crippen molar-refractivity contribution in [1.29, 1.82) is 0 Å². The fraction of sp³-hybridized carbons (Fsp3) is 0.200. The second-order valence-electron chi connectivity index (χ2n) is 4.63. The smallest absolute Gasteiger partial charge is 0.129 e. The average Bonchev–Trinajstić information content (AvgIpc) is 2.34. The zero-order valence-corrected chi connectivity index (χ0v) is 10.3. The third kappa shape index (κ3) is 2.79. The molecule has 0 aliphatic rings. The number of aliphatic hydroxyl groups is 1. The molecule has 0 heterocycles. The highest BCUT2D eigenvalue weighted by atomic mass is 19.1. The number of hydrogen-bond donors (Lipinski definition) is 1. The predicted octanol–water partition coefficient (Wildman–Crippen LogP) is 3.55. The predicted molar refractivity (Wildman–Crippen MR) is 66.0 cm³/mol. The van der Waals surface area contributed by atoms with Gasteiger partial charge in [-0.3, -0.25) is 0 Å². The Morgan fingerprint density at radius 3 is 2.00 bits per heavy atom. The summed E-state index contributed by atoms with van der Waals surface area (Å²) < 4.78 is 40.7. The SMILES string of the molecule is CC(O)(Cc1c(F)cccc1F)c1ccccc1F. The molecule has 1 atom stereocenters. The minimum absolute atomic E-state index is 0.0117. The Hall–Kier alpha value is -1.81. The van der Waals surface area contributed by atoms with Gasteiger partial charge in [-0.25, -0.2) is 13.2 Å². The van der Waals surface area contributed by atoms with Crippen LogP contribution in [0.1, 0.15) is 18.1 Å². The largest absolute Gasteiger partial charge is 0.385 e. The van der Waals surface area contributed by atoms with Gasteiger partial charge in [-0.05, 0) is 25.1 Å². The molecule has 4 heteroatoms. The van der Waals surface area contributed by atoms with Crippen molar-refractivity contribution in [1.82, 2.24) is 0 Å². The van der Waals surface area contributed by atoms with Crippen molar-refractivity contribution in [2.24, 2.45) is 0 Å². The van der Waals surface area contributed by atoms with Crippen LogP contribution in [0.4, 0.5) is 13.2 Å². The zero-order chi connectivity index (χ0) is 14.0. The van der Waals surface area contributed by atoms with E-state index in [1.807, 2.05) is 0 Å². The summed E-state index contributed by atoms with van der Waals surface area (Å²) in [4.78, 5) is 0. The van der Waals surface area contributed by atoms with E-state index in [0.29, 0.717) is 0 Å². The van der Waals surface area contributed by atoms with Gasteiger partial charge in [-0.1, -0.05) is 24.3 Å². The molecule has 2 aromatic carbocycles. The van der Waals surface area contributed by atoms with E-state index in [9.17, 15) is 18.3 Å². The van der Waals surface area contributed by atoms with Crippen LogP contribution in [0, 0.1) is 17.5 Å². The van der Waals surface area contributed by atoms with Gasteiger partial charge in [0.15, 0.2) is 0 Å². The number of hydrogen-bond acceptors (Lipinski definition) is 1. The molecule has 1 N–H and O–H groups in total. The van der Waals surface area contributed by atoms with Gasteiger partial charge in [0.25, 0.3) is 0 Å². The minimum Gasteiger partial charge on any atom is -0.385 e. The number of rotatable bonds is 3. The molecule has 0 amide bonds. The van der Waals surface area contributed by atoms with Crippen molar-refractivity contribution < 1.29 is 18.3 Å². The molecule has 2 rings (SSSR count). The molecule has 0 fully saturated rings. The Bertz CT molecular complexity index is 573. The second-order valence-corrected chi connectivity index (χ2v) is 4.63. The summed E-state index contributed by atoms with van der Waals surface area (Å²) in [5, 5.41) is 10.3. The number of halogens is 3. The quantitative estimate of drug-likeness (QED) is 0.900. The monoisotopic (exact) mass is 266 g/mol. The van der Waals surface area contributed by atoms with Crippen molar-refractivity contribution in [3.05, 3.63) is 71.0 Å². The third-order valence-corrected chi connectivity index (χ3v) is 3.04. The first-order valence-corrected chi connectivity index (χ1v) is 5.82. The van der Waals surface area contributed by atoms with Crippen LogP contribution in [0.25, 0.3) is 0 Å². The molecule has 0 saturated carbocycles. The highest BCUT2D eigenvalue weighted by Crippen LogP contribution is 2.29. The summed E-state index contributed by atoms with van der Waals surface area (Å²) in [7, 11) is 0. The molecule has 0 radical (unpaired) electrons. The summed E-state index contributed by atoms with van der Waals surface area (Å²) >= 11 is 0. The molecule has 0 aromatic heterocycles. The maximum Gasteiger partial charge on any atom is 0.129 e. The summed E-state index contributed by atoms with van der Waals surface area (Å²) in [5.41, 5.74) is -1.93. The first-order chi connectivity index (χ1) is 8.92. The minimum atomic E-state index is -1.69. The van der Waals surface area contributed by atoms with E-state index < -0.39 is 23.1 Å². The van der Waals surface area contributed by atoms with Gasteiger partial charge in [-0.2, -0.15) is 0 Å². The van der Waals surface area contributed by atoms with Crippen LogP contribution in [-0.2, 0) is 12.0 Å². The van der Waals surface area contributed by atoms with Gasteiger partial charge in [0, 0.05) is 17.5 Å². The van der Waals surface area contributed by atoms with Crippen LogP contribution in [0.3, 0.4) is 0 Å². The molecule has 0 aliphatic carbocycles. The van der Waals surface area contributed by atoms with Crippen molar-refractivity contribution in [2.45, 2.75) is 18.9 Å². The standard InChI is InChI=1S/C15H13F3O/c1-15(19,11-5-2-3-6-14(11)18)9-10-12(16)7-4-8-13(10)17/h2-8,19H,9H2,1H3. The van der Waals surface area contributed by atoms with Crippen molar-refractivity contribution >= 4 is 0 Å². The summed E-state index contributed by atoms with van der Waals surface area (Å²) in [6.45, 7) is 1.33. The van der Waals surface area contributed by atoms with E-state index in [4.69, 9.17) is 0 Å². The maximum absolute atomic E-state index is 13.6. The molecule has 100 valence electrons. The van der Waals surface area contributed by atoms with E-state index >= 15 is 0 Å². The van der Waals surface area contributed by atoms with Crippen LogP contribution in [-0.4, -0.2) is 5.11 Å². The van der Waals surface area contributed by atoms with Gasteiger partial charge in [0.1, 0.15) is 17.5 Å². The molecule has 1 nitrogen and oxygen atoms in total. The van der Waals surface area contributed by atoms with Gasteiger partial charge in [-0.15, -0.1) is 0 Å². The van der Waals surface area contributed by atoms with E-state index in [2.05, 4.69) is 0 Å². The average molecular weight is 266 g/mol. The fourth-order valence-corrected chi connectivity index (χ4v) is 2.04. The maximum atomic E-state index is 13.6. The van der Waals surface area contributed by atoms with Crippen molar-refractivity contribution in [3.63, 3.8) is 0 Å². The fourth-order valence-electron chi connectivity index (χ4n) is 2.04. The van der Waals surface area contributed by atoms with Crippen molar-refractivity contribution in [3.8, 4) is 0 Å². The lowest BCUT2D eigenvalue weighted by Gasteiger charge is -2.24. The number of benzene rings is 2. The highest BCUT2D eigenvalue weighted by Gasteiger charge is 2.29. The Morgan fingerprint density at radius 1 is 0.895 bits per heavy atom. The lowest BCUT2D eigenvalue weighted by molar-refractivity contribution is 0.0519. The van der Waals surface area contributed by atoms with Gasteiger partial charge >= 0.3 is 0 Å². The van der Waals surface area contributed by atoms with Crippen molar-refractivity contribution in [2.75, 3.05) is 0 Å². The van der Waals surface area contributed by atoms with Crippen LogP contribution >= 0.6 is 0 Å². The van der Waals surface area contributed by atoms with E-state index in [-0.39, 0.29) is 17.5 Å². The van der Waals surface area contributed by atoms with E-state index in [1.165, 1.54) is 31.2 Å². The Balaban J connectivity index is 2.39. The molecule has 0 saturated heterocycles. The zero-order valence-electron chi connectivity index (χ0n) is 10.3. The van der Waals surface area contributed by atoms with Crippen LogP contribution in [0.5, 0.6) is 0 Å². The normalized spacial score (nSPS) is 14.2. The first-order valence-electron chi connectivity index (χ1n) is 5.82. The molecule has 0 bridgehead atoms. The highest BCUT2D eigenvalue weighted by molar-refractivity contribution is 5.28. The molecular weight excluding hydrogens is 253 g/mol. The van der Waals surface area contributed by atoms with E-state index in [1.54, 1.807) is 6.07 Å². The van der Waals surface area contributed by atoms with E-state index in [0.717, 1.165) is 12.1 Å². The molecular formula is C15H13F3O. The topological polar surface area (TPSA) is 20.2 Å². The Labute approximate surface area is 109 Å². The van der Waals surface area contributed by atoms with Crippen LogP contribution in [0.15, 0.2) is 42.5 Å². The molecule has 0 aliphatic heterocycles. The lowest BCUT2D eigenvalue weighted by Crippen LogP contribution is -2.26. The molecule has 0 spiro atoms. The summed E-state index contributed by atoms with van der Waals surface area (Å²) in [6, 6.07) is 9.09. The van der Waals surface area contributed by atoms with Gasteiger partial charge in [0.2, 0.25) is 0 Å². The molecule has 1 unspecified atom stereocenters. The van der Waals surface area contributed by atoms with Crippen LogP contribution < -0.4 is 0 Å². The Morgan fingerprint density at radius 2 is 1.42 bits per heavy atom. The third-order valence-electron chi connectivity index (χ3n) is 3.04. The first kappa shape index (κ1) is 13.6. The second kappa shape index (κ2) is 5.05. The summed E-state index contributed by atoms with van der Waals surface area (Å²) in [5.74, 6) is -2.11. The lowest BCUT2D eigenvalue weighted by atomic mass is 9.88. The summed E-state index contributed by atoms with van der Waals surface area (Å²) in [6.07, 6.45) is -0.341. The van der Waals surface area contributed by atoms with Gasteiger partial charge < -0.3 is 5.11 Å². The van der Waals surface area contributed by atoms with Crippen LogP contribution in [0.2, 0.25) is 0 Å².